The van der Waals surface area contributed by atoms with E-state index in [1.54, 1.807) is 14.2 Å². The molecular formula is C29H41N3O3. The van der Waals surface area contributed by atoms with Crippen LogP contribution in [0.5, 0.6) is 11.5 Å². The highest BCUT2D eigenvalue weighted by Crippen LogP contribution is 2.32. The van der Waals surface area contributed by atoms with Crippen molar-refractivity contribution in [1.82, 2.24) is 15.2 Å². The lowest BCUT2D eigenvalue weighted by Gasteiger charge is -2.35. The maximum atomic E-state index is 13.2. The predicted molar refractivity (Wildman–Crippen MR) is 140 cm³/mol. The Morgan fingerprint density at radius 1 is 1.00 bits per heavy atom. The zero-order valence-electron chi connectivity index (χ0n) is 21.6. The Bertz CT molecular complexity index is 979. The second-order valence-electron chi connectivity index (χ2n) is 10.2. The lowest BCUT2D eigenvalue weighted by molar-refractivity contribution is 0.0950. The van der Waals surface area contributed by atoms with Gasteiger partial charge < -0.3 is 19.7 Å². The summed E-state index contributed by atoms with van der Waals surface area (Å²) >= 11 is 0. The second-order valence-corrected chi connectivity index (χ2v) is 10.2. The van der Waals surface area contributed by atoms with Crippen molar-refractivity contribution in [1.29, 1.82) is 0 Å². The van der Waals surface area contributed by atoms with Gasteiger partial charge in [0.25, 0.3) is 5.91 Å². The number of pyridine rings is 1. The van der Waals surface area contributed by atoms with Crippen LogP contribution in [0.25, 0.3) is 0 Å². The van der Waals surface area contributed by atoms with Gasteiger partial charge >= 0.3 is 0 Å². The summed E-state index contributed by atoms with van der Waals surface area (Å²) in [5.74, 6) is 2.61. The third-order valence-corrected chi connectivity index (χ3v) is 7.67. The van der Waals surface area contributed by atoms with Crippen LogP contribution in [-0.4, -0.2) is 56.2 Å². The van der Waals surface area contributed by atoms with Gasteiger partial charge in [0.2, 0.25) is 0 Å². The maximum Gasteiger partial charge on any atom is 0.253 e. The summed E-state index contributed by atoms with van der Waals surface area (Å²) < 4.78 is 10.7. The highest BCUT2D eigenvalue weighted by molar-refractivity contribution is 5.95. The normalized spacial score (nSPS) is 17.8. The number of benzene rings is 1. The molecule has 2 aromatic rings. The molecule has 1 aliphatic heterocycles. The molecule has 6 nitrogen and oxygen atoms in total. The molecule has 1 N–H and O–H groups in total. The number of amides is 1. The van der Waals surface area contributed by atoms with Crippen molar-refractivity contribution in [2.45, 2.75) is 64.2 Å². The van der Waals surface area contributed by atoms with E-state index in [1.165, 1.54) is 38.6 Å². The average Bonchev–Trinajstić information content (AvgIpc) is 2.89. The summed E-state index contributed by atoms with van der Waals surface area (Å²) in [5, 5.41) is 3.11. The van der Waals surface area contributed by atoms with E-state index < -0.39 is 0 Å². The highest BCUT2D eigenvalue weighted by atomic mass is 16.5. The van der Waals surface area contributed by atoms with Crippen LogP contribution in [0.4, 0.5) is 0 Å². The number of ether oxygens (including phenoxy) is 2. The number of hydrogen-bond acceptors (Lipinski definition) is 5. The number of nitrogens with zero attached hydrogens (tertiary/aromatic N) is 2. The number of nitrogens with one attached hydrogen (secondary N) is 1. The lowest BCUT2D eigenvalue weighted by atomic mass is 9.86. The molecule has 2 fully saturated rings. The molecule has 1 aliphatic carbocycles. The van der Waals surface area contributed by atoms with Crippen LogP contribution in [0.15, 0.2) is 30.3 Å². The Balaban J connectivity index is 1.33. The fraction of sp³-hybridized carbons (Fsp3) is 0.586. The zero-order valence-corrected chi connectivity index (χ0v) is 21.6. The molecule has 0 unspecified atom stereocenters. The van der Waals surface area contributed by atoms with E-state index in [4.69, 9.17) is 14.5 Å². The van der Waals surface area contributed by atoms with E-state index in [2.05, 4.69) is 10.2 Å². The molecule has 190 valence electrons. The smallest absolute Gasteiger partial charge is 0.253 e. The van der Waals surface area contributed by atoms with E-state index in [0.29, 0.717) is 24.0 Å². The molecule has 2 aliphatic rings. The third kappa shape index (κ3) is 6.75. The standard InChI is InChI=1S/C29H41N3O3/c1-21-9-11-25(29(33)30-16-13-22-10-12-26(34-2)27(19-22)35-3)28(31-21)24-14-17-32(18-15-24)20-23-7-5-4-6-8-23/h9-12,19,23-24H,4-8,13-18,20H2,1-3H3,(H,30,33). The van der Waals surface area contributed by atoms with Crippen LogP contribution >= 0.6 is 0 Å². The van der Waals surface area contributed by atoms with Crippen LogP contribution in [0.2, 0.25) is 0 Å². The molecule has 0 radical (unpaired) electrons. The molecular weight excluding hydrogens is 438 g/mol. The number of piperidine rings is 1. The van der Waals surface area contributed by atoms with Crippen LogP contribution in [0.3, 0.4) is 0 Å². The summed E-state index contributed by atoms with van der Waals surface area (Å²) in [7, 11) is 3.27. The first-order chi connectivity index (χ1) is 17.1. The number of rotatable bonds is 9. The van der Waals surface area contributed by atoms with Crippen molar-refractivity contribution in [3.05, 3.63) is 52.8 Å². The van der Waals surface area contributed by atoms with Crippen molar-refractivity contribution in [3.8, 4) is 11.5 Å². The molecule has 1 saturated heterocycles. The Morgan fingerprint density at radius 2 is 1.74 bits per heavy atom. The molecule has 35 heavy (non-hydrogen) atoms. The second kappa shape index (κ2) is 12.4. The molecule has 0 bridgehead atoms. The van der Waals surface area contributed by atoms with Gasteiger partial charge in [-0.25, -0.2) is 0 Å². The van der Waals surface area contributed by atoms with E-state index in [-0.39, 0.29) is 5.91 Å². The Kier molecular flexibility index (Phi) is 9.02. The number of aryl methyl sites for hydroxylation is 1. The molecule has 0 spiro atoms. The minimum absolute atomic E-state index is 0.0300. The number of hydrogen-bond donors (Lipinski definition) is 1. The fourth-order valence-electron chi connectivity index (χ4n) is 5.66. The lowest BCUT2D eigenvalue weighted by Crippen LogP contribution is -2.37. The predicted octanol–water partition coefficient (Wildman–Crippen LogP) is 5.14. The minimum Gasteiger partial charge on any atom is -0.493 e. The largest absolute Gasteiger partial charge is 0.493 e. The van der Waals surface area contributed by atoms with Gasteiger partial charge in [-0.05, 0) is 87.9 Å². The first kappa shape index (κ1) is 25.5. The number of carbonyl (C=O) groups excluding carboxylic acids is 1. The summed E-state index contributed by atoms with van der Waals surface area (Å²) in [6.45, 7) is 6.04. The van der Waals surface area contributed by atoms with Crippen LogP contribution in [-0.2, 0) is 6.42 Å². The molecule has 1 saturated carbocycles. The number of aromatic nitrogens is 1. The fourth-order valence-corrected chi connectivity index (χ4v) is 5.66. The maximum absolute atomic E-state index is 13.2. The Labute approximate surface area is 210 Å². The third-order valence-electron chi connectivity index (χ3n) is 7.67. The van der Waals surface area contributed by atoms with Crippen molar-refractivity contribution >= 4 is 5.91 Å². The van der Waals surface area contributed by atoms with E-state index in [1.807, 2.05) is 37.3 Å². The first-order valence-electron chi connectivity index (χ1n) is 13.3. The van der Waals surface area contributed by atoms with E-state index in [0.717, 1.165) is 60.8 Å². The average molecular weight is 480 g/mol. The zero-order chi connectivity index (χ0) is 24.6. The molecule has 1 aromatic heterocycles. The quantitative estimate of drug-likeness (QED) is 0.540. The number of carbonyl (C=O) groups is 1. The molecule has 0 atom stereocenters. The van der Waals surface area contributed by atoms with Gasteiger partial charge in [-0.15, -0.1) is 0 Å². The molecule has 6 heteroatoms. The SMILES string of the molecule is COc1ccc(CCNC(=O)c2ccc(C)nc2C2CCN(CC3CCCCC3)CC2)cc1OC. The highest BCUT2D eigenvalue weighted by Gasteiger charge is 2.27. The molecule has 1 amide bonds. The van der Waals surface area contributed by atoms with Crippen LogP contribution in [0, 0.1) is 12.8 Å². The van der Waals surface area contributed by atoms with Gasteiger partial charge in [-0.1, -0.05) is 25.3 Å². The van der Waals surface area contributed by atoms with Gasteiger partial charge in [-0.3, -0.25) is 9.78 Å². The molecule has 2 heterocycles. The number of methoxy groups -OCH3 is 2. The Hall–Kier alpha value is -2.60. The van der Waals surface area contributed by atoms with Crippen molar-refractivity contribution in [2.24, 2.45) is 5.92 Å². The van der Waals surface area contributed by atoms with Gasteiger partial charge in [0.05, 0.1) is 25.5 Å². The van der Waals surface area contributed by atoms with Gasteiger partial charge in [0.1, 0.15) is 0 Å². The summed E-state index contributed by atoms with van der Waals surface area (Å²) in [4.78, 5) is 20.7. The van der Waals surface area contributed by atoms with Gasteiger partial charge in [0.15, 0.2) is 11.5 Å². The van der Waals surface area contributed by atoms with Crippen LogP contribution in [0.1, 0.15) is 78.2 Å². The molecule has 1 aromatic carbocycles. The van der Waals surface area contributed by atoms with E-state index >= 15 is 0 Å². The first-order valence-corrected chi connectivity index (χ1v) is 13.3. The topological polar surface area (TPSA) is 63.7 Å². The van der Waals surface area contributed by atoms with E-state index in [9.17, 15) is 4.79 Å². The minimum atomic E-state index is -0.0300. The number of likely N-dealkylation sites (tertiary alicyclic amines) is 1. The summed E-state index contributed by atoms with van der Waals surface area (Å²) in [6, 6.07) is 9.78. The van der Waals surface area contributed by atoms with Gasteiger partial charge in [0, 0.05) is 24.7 Å². The van der Waals surface area contributed by atoms with Crippen LogP contribution < -0.4 is 14.8 Å². The van der Waals surface area contributed by atoms with Crippen molar-refractivity contribution in [2.75, 3.05) is 40.4 Å². The Morgan fingerprint density at radius 3 is 2.46 bits per heavy atom. The van der Waals surface area contributed by atoms with Crippen molar-refractivity contribution < 1.29 is 14.3 Å². The monoisotopic (exact) mass is 479 g/mol. The van der Waals surface area contributed by atoms with Crippen molar-refractivity contribution in [3.63, 3.8) is 0 Å². The molecule has 4 rings (SSSR count). The summed E-state index contributed by atoms with van der Waals surface area (Å²) in [5.41, 5.74) is 3.78. The summed E-state index contributed by atoms with van der Waals surface area (Å²) in [6.07, 6.45) is 9.89. The van der Waals surface area contributed by atoms with Gasteiger partial charge in [-0.2, -0.15) is 0 Å².